The second kappa shape index (κ2) is 5.45. The fourth-order valence-electron chi connectivity index (χ4n) is 2.35. The number of allylic oxidation sites excluding steroid dienone is 1. The largest absolute Gasteiger partial charge is 0.423 e. The van der Waals surface area contributed by atoms with Gasteiger partial charge in [-0.1, -0.05) is 6.07 Å². The van der Waals surface area contributed by atoms with Crippen LogP contribution >= 0.6 is 0 Å². The molecule has 4 nitrogen and oxygen atoms in total. The Morgan fingerprint density at radius 2 is 2.26 bits per heavy atom. The maximum Gasteiger partial charge on any atom is 0.315 e. The zero-order chi connectivity index (χ0) is 14.0. The summed E-state index contributed by atoms with van der Waals surface area (Å²) in [6.45, 7) is 7.36. The number of rotatable bonds is 3. The molecular weight excluding hydrogens is 242 g/mol. The minimum Gasteiger partial charge on any atom is -0.423 e. The quantitative estimate of drug-likeness (QED) is 0.666. The van der Waals surface area contributed by atoms with E-state index in [4.69, 9.17) is 4.74 Å². The second-order valence-corrected chi connectivity index (χ2v) is 4.81. The van der Waals surface area contributed by atoms with Gasteiger partial charge in [0.2, 0.25) is 6.61 Å². The molecule has 1 aromatic rings. The van der Waals surface area contributed by atoms with Crippen LogP contribution in [0.5, 0.6) is 0 Å². The first kappa shape index (κ1) is 13.6. The van der Waals surface area contributed by atoms with Gasteiger partial charge in [0.15, 0.2) is 0 Å². The highest BCUT2D eigenvalue weighted by atomic mass is 16.5. The van der Waals surface area contributed by atoms with E-state index in [1.54, 1.807) is 6.20 Å². The van der Waals surface area contributed by atoms with Crippen LogP contribution in [0.2, 0.25) is 0 Å². The molecule has 0 saturated carbocycles. The number of ether oxygens (including phenoxy) is 1. The number of aryl methyl sites for hydroxylation is 1. The van der Waals surface area contributed by atoms with Crippen LogP contribution in [-0.2, 0) is 9.53 Å². The van der Waals surface area contributed by atoms with Crippen molar-refractivity contribution in [3.63, 3.8) is 0 Å². The maximum absolute atomic E-state index is 11.8. The van der Waals surface area contributed by atoms with Gasteiger partial charge in [0.25, 0.3) is 0 Å². The molecule has 0 unspecified atom stereocenters. The lowest BCUT2D eigenvalue weighted by atomic mass is 10.0. The SMILES string of the molecule is [CH2+]COC(=O)[C@@H]1CC(c2ccc(C)cn2)=C(C)[C@H]1O. The van der Waals surface area contributed by atoms with Crippen LogP contribution in [0.25, 0.3) is 5.57 Å². The Bertz CT molecular complexity index is 505. The van der Waals surface area contributed by atoms with Crippen LogP contribution in [-0.4, -0.2) is 28.8 Å². The van der Waals surface area contributed by atoms with Gasteiger partial charge in [-0.3, -0.25) is 9.78 Å². The zero-order valence-corrected chi connectivity index (χ0v) is 11.2. The van der Waals surface area contributed by atoms with E-state index >= 15 is 0 Å². The molecule has 0 spiro atoms. The van der Waals surface area contributed by atoms with Crippen LogP contribution in [0.15, 0.2) is 23.9 Å². The smallest absolute Gasteiger partial charge is 0.315 e. The standard InChI is InChI=1S/C15H18NO3/c1-4-19-15(18)12-7-11(10(3)14(12)17)13-6-5-9(2)8-16-13/h5-6,8,12,14,17H,1,4,7H2,2-3H3/q+1/t12-,14-/m1/s1. The van der Waals surface area contributed by atoms with E-state index in [1.165, 1.54) is 0 Å². The second-order valence-electron chi connectivity index (χ2n) is 4.81. The van der Waals surface area contributed by atoms with E-state index in [-0.39, 0.29) is 6.61 Å². The number of carbonyl (C=O) groups excluding carboxylic acids is 1. The summed E-state index contributed by atoms with van der Waals surface area (Å²) in [6.07, 6.45) is 1.45. The third-order valence-corrected chi connectivity index (χ3v) is 3.49. The van der Waals surface area contributed by atoms with Gasteiger partial charge in [0, 0.05) is 6.20 Å². The molecule has 0 aromatic carbocycles. The molecule has 0 bridgehead atoms. The Balaban J connectivity index is 2.23. The van der Waals surface area contributed by atoms with Crippen LogP contribution in [0.4, 0.5) is 0 Å². The van der Waals surface area contributed by atoms with Gasteiger partial charge < -0.3 is 9.84 Å². The maximum atomic E-state index is 11.8. The Kier molecular flexibility index (Phi) is 3.90. The highest BCUT2D eigenvalue weighted by Crippen LogP contribution is 2.37. The van der Waals surface area contributed by atoms with Crippen LogP contribution < -0.4 is 0 Å². The van der Waals surface area contributed by atoms with Crippen molar-refractivity contribution < 1.29 is 14.6 Å². The number of aliphatic hydroxyl groups is 1. The average Bonchev–Trinajstić information content (AvgIpc) is 2.68. The molecule has 0 amide bonds. The molecule has 1 aliphatic rings. The number of carbonyl (C=O) groups is 1. The monoisotopic (exact) mass is 260 g/mol. The number of hydrogen-bond donors (Lipinski definition) is 1. The van der Waals surface area contributed by atoms with Gasteiger partial charge in [-0.25, -0.2) is 0 Å². The summed E-state index contributed by atoms with van der Waals surface area (Å²) in [6, 6.07) is 3.88. The third kappa shape index (κ3) is 2.63. The first-order valence-electron chi connectivity index (χ1n) is 6.31. The Morgan fingerprint density at radius 1 is 1.53 bits per heavy atom. The fourth-order valence-corrected chi connectivity index (χ4v) is 2.35. The van der Waals surface area contributed by atoms with E-state index in [1.807, 2.05) is 26.0 Å². The topological polar surface area (TPSA) is 59.4 Å². The number of nitrogens with zero attached hydrogens (tertiary/aromatic N) is 1. The Morgan fingerprint density at radius 3 is 2.84 bits per heavy atom. The normalized spacial score (nSPS) is 22.7. The molecule has 100 valence electrons. The molecule has 1 heterocycles. The van der Waals surface area contributed by atoms with Crippen molar-refractivity contribution in [3.05, 3.63) is 42.1 Å². The first-order chi connectivity index (χ1) is 9.04. The van der Waals surface area contributed by atoms with E-state index in [0.717, 1.165) is 22.4 Å². The summed E-state index contributed by atoms with van der Waals surface area (Å²) in [7, 11) is 0. The predicted molar refractivity (Wildman–Crippen MR) is 72.0 cm³/mol. The van der Waals surface area contributed by atoms with Gasteiger partial charge >= 0.3 is 5.97 Å². The summed E-state index contributed by atoms with van der Waals surface area (Å²) in [5, 5.41) is 10.1. The van der Waals surface area contributed by atoms with Crippen molar-refractivity contribution in [3.8, 4) is 0 Å². The third-order valence-electron chi connectivity index (χ3n) is 3.49. The van der Waals surface area contributed by atoms with Crippen LogP contribution in [0.1, 0.15) is 24.6 Å². The lowest BCUT2D eigenvalue weighted by Crippen LogP contribution is -2.26. The Hall–Kier alpha value is -1.81. The average molecular weight is 260 g/mol. The summed E-state index contributed by atoms with van der Waals surface area (Å²) in [5.74, 6) is -0.941. The number of aliphatic hydroxyl groups excluding tert-OH is 1. The molecule has 1 aromatic heterocycles. The number of hydrogen-bond acceptors (Lipinski definition) is 4. The molecular formula is C15H18NO3+. The van der Waals surface area contributed by atoms with Crippen molar-refractivity contribution in [2.75, 3.05) is 6.61 Å². The molecule has 0 saturated heterocycles. The molecule has 4 heteroatoms. The fraction of sp³-hybridized carbons (Fsp3) is 0.400. The summed E-state index contributed by atoms with van der Waals surface area (Å²) in [4.78, 5) is 16.1. The predicted octanol–water partition coefficient (Wildman–Crippen LogP) is 1.92. The molecule has 1 aliphatic carbocycles. The van der Waals surface area contributed by atoms with E-state index < -0.39 is 18.0 Å². The molecule has 19 heavy (non-hydrogen) atoms. The summed E-state index contributed by atoms with van der Waals surface area (Å²) < 4.78 is 4.89. The number of esters is 1. The molecule has 0 radical (unpaired) electrons. The summed E-state index contributed by atoms with van der Waals surface area (Å²) in [5.41, 5.74) is 3.61. The number of pyridine rings is 1. The lowest BCUT2D eigenvalue weighted by Gasteiger charge is -2.12. The van der Waals surface area contributed by atoms with Gasteiger partial charge in [0.1, 0.15) is 6.92 Å². The van der Waals surface area contributed by atoms with Gasteiger partial charge in [-0.15, -0.1) is 0 Å². The van der Waals surface area contributed by atoms with E-state index in [2.05, 4.69) is 11.9 Å². The Labute approximate surface area is 113 Å². The van der Waals surface area contributed by atoms with Crippen molar-refractivity contribution >= 4 is 11.5 Å². The van der Waals surface area contributed by atoms with Gasteiger partial charge in [-0.05, 0) is 43.0 Å². The highest BCUT2D eigenvalue weighted by molar-refractivity contribution is 5.82. The van der Waals surface area contributed by atoms with Crippen molar-refractivity contribution in [1.29, 1.82) is 0 Å². The van der Waals surface area contributed by atoms with E-state index in [9.17, 15) is 9.90 Å². The van der Waals surface area contributed by atoms with Crippen molar-refractivity contribution in [1.82, 2.24) is 4.98 Å². The van der Waals surface area contributed by atoms with Gasteiger partial charge in [0.05, 0.1) is 17.7 Å². The minimum atomic E-state index is -0.794. The van der Waals surface area contributed by atoms with Crippen LogP contribution in [0.3, 0.4) is 0 Å². The molecule has 0 aliphatic heterocycles. The molecule has 0 fully saturated rings. The molecule has 1 N–H and O–H groups in total. The van der Waals surface area contributed by atoms with Crippen molar-refractivity contribution in [2.45, 2.75) is 26.4 Å². The van der Waals surface area contributed by atoms with E-state index in [0.29, 0.717) is 6.42 Å². The molecule has 2 rings (SSSR count). The van der Waals surface area contributed by atoms with Gasteiger partial charge in [-0.2, -0.15) is 0 Å². The highest BCUT2D eigenvalue weighted by Gasteiger charge is 2.38. The summed E-state index contributed by atoms with van der Waals surface area (Å²) >= 11 is 0. The lowest BCUT2D eigenvalue weighted by molar-refractivity contribution is -0.149. The zero-order valence-electron chi connectivity index (χ0n) is 11.2. The number of aromatic nitrogens is 1. The van der Waals surface area contributed by atoms with Crippen molar-refractivity contribution in [2.24, 2.45) is 5.92 Å². The minimum absolute atomic E-state index is 0.0826. The first-order valence-corrected chi connectivity index (χ1v) is 6.31. The molecule has 2 atom stereocenters. The van der Waals surface area contributed by atoms with Crippen LogP contribution in [0, 0.1) is 19.8 Å².